The van der Waals surface area contributed by atoms with E-state index in [-0.39, 0.29) is 11.3 Å². The van der Waals surface area contributed by atoms with Crippen LogP contribution in [0.4, 0.5) is 0 Å². The second-order valence-electron chi connectivity index (χ2n) is 5.94. The maximum atomic E-state index is 12.0. The lowest BCUT2D eigenvalue weighted by atomic mass is 10.2. The first kappa shape index (κ1) is 16.3. The molecule has 1 aromatic heterocycles. The molecule has 0 saturated carbocycles. The Morgan fingerprint density at radius 3 is 2.82 bits per heavy atom. The largest absolute Gasteiger partial charge is 0.376 e. The van der Waals surface area contributed by atoms with Gasteiger partial charge in [-0.2, -0.15) is 11.8 Å². The van der Waals surface area contributed by atoms with E-state index in [1.165, 1.54) is 6.26 Å². The molecule has 0 spiro atoms. The molecule has 0 aromatic carbocycles. The molecule has 3 rings (SSSR count). The van der Waals surface area contributed by atoms with Crippen molar-refractivity contribution in [3.05, 3.63) is 11.9 Å². The molecule has 0 bridgehead atoms. The molecule has 8 heteroatoms. The molecule has 1 atom stereocenters. The van der Waals surface area contributed by atoms with Crippen molar-refractivity contribution in [1.29, 1.82) is 0 Å². The molecular formula is C14H23N3O3S2. The smallest absolute Gasteiger partial charge is 0.227 e. The SMILES string of the molecule is CS(=O)(=O)c1ncc(CN2CCSCC2)n1C[C@H]1CCCO1. The first-order valence-electron chi connectivity index (χ1n) is 7.70. The number of hydrogen-bond acceptors (Lipinski definition) is 6. The summed E-state index contributed by atoms with van der Waals surface area (Å²) in [6.45, 7) is 4.20. The molecule has 2 saturated heterocycles. The van der Waals surface area contributed by atoms with Crippen molar-refractivity contribution in [3.8, 4) is 0 Å². The predicted octanol–water partition coefficient (Wildman–Crippen LogP) is 1.01. The van der Waals surface area contributed by atoms with Crippen LogP contribution in [0.15, 0.2) is 11.4 Å². The number of nitrogens with zero attached hydrogens (tertiary/aromatic N) is 3. The van der Waals surface area contributed by atoms with E-state index >= 15 is 0 Å². The number of sulfone groups is 1. The number of imidazole rings is 1. The van der Waals surface area contributed by atoms with Crippen LogP contribution in [-0.4, -0.2) is 66.4 Å². The number of thioether (sulfide) groups is 1. The number of aromatic nitrogens is 2. The van der Waals surface area contributed by atoms with E-state index in [1.807, 2.05) is 16.3 Å². The van der Waals surface area contributed by atoms with Gasteiger partial charge in [0.25, 0.3) is 0 Å². The summed E-state index contributed by atoms with van der Waals surface area (Å²) >= 11 is 1.97. The molecule has 0 radical (unpaired) electrons. The third kappa shape index (κ3) is 3.84. The fraction of sp³-hybridized carbons (Fsp3) is 0.786. The fourth-order valence-corrected chi connectivity index (χ4v) is 4.80. The van der Waals surface area contributed by atoms with Crippen LogP contribution in [-0.2, 0) is 27.7 Å². The average molecular weight is 345 g/mol. The summed E-state index contributed by atoms with van der Waals surface area (Å²) in [6.07, 6.45) is 5.08. The van der Waals surface area contributed by atoms with Crippen molar-refractivity contribution in [2.45, 2.75) is 37.2 Å². The molecule has 0 amide bonds. The zero-order valence-electron chi connectivity index (χ0n) is 12.9. The number of ether oxygens (including phenoxy) is 1. The topological polar surface area (TPSA) is 64.4 Å². The molecule has 6 nitrogen and oxygen atoms in total. The third-order valence-electron chi connectivity index (χ3n) is 4.13. The first-order valence-corrected chi connectivity index (χ1v) is 10.7. The van der Waals surface area contributed by atoms with Gasteiger partial charge in [-0.3, -0.25) is 4.90 Å². The van der Waals surface area contributed by atoms with Crippen LogP contribution >= 0.6 is 11.8 Å². The van der Waals surface area contributed by atoms with Gasteiger partial charge in [0.05, 0.1) is 24.5 Å². The molecular weight excluding hydrogens is 322 g/mol. The van der Waals surface area contributed by atoms with Crippen LogP contribution < -0.4 is 0 Å². The predicted molar refractivity (Wildman–Crippen MR) is 86.9 cm³/mol. The van der Waals surface area contributed by atoms with Crippen LogP contribution in [0.3, 0.4) is 0 Å². The Bertz CT molecular complexity index is 603. The van der Waals surface area contributed by atoms with Crippen molar-refractivity contribution in [2.75, 3.05) is 37.5 Å². The fourth-order valence-electron chi connectivity index (χ4n) is 2.99. The zero-order chi connectivity index (χ0) is 15.6. The van der Waals surface area contributed by atoms with E-state index in [9.17, 15) is 8.42 Å². The Balaban J connectivity index is 1.82. The lowest BCUT2D eigenvalue weighted by Gasteiger charge is -2.26. The van der Waals surface area contributed by atoms with Gasteiger partial charge in [-0.1, -0.05) is 0 Å². The van der Waals surface area contributed by atoms with Gasteiger partial charge in [-0.15, -0.1) is 0 Å². The Hall–Kier alpha value is -0.570. The van der Waals surface area contributed by atoms with Gasteiger partial charge in [-0.05, 0) is 12.8 Å². The highest BCUT2D eigenvalue weighted by Gasteiger charge is 2.25. The Morgan fingerprint density at radius 1 is 1.41 bits per heavy atom. The highest BCUT2D eigenvalue weighted by molar-refractivity contribution is 7.99. The maximum absolute atomic E-state index is 12.0. The van der Waals surface area contributed by atoms with Gasteiger partial charge in [0.15, 0.2) is 0 Å². The molecule has 1 aromatic rings. The molecule has 124 valence electrons. The summed E-state index contributed by atoms with van der Waals surface area (Å²) in [4.78, 5) is 6.55. The monoisotopic (exact) mass is 345 g/mol. The van der Waals surface area contributed by atoms with E-state index in [4.69, 9.17) is 4.74 Å². The van der Waals surface area contributed by atoms with Gasteiger partial charge in [0.1, 0.15) is 0 Å². The first-order chi connectivity index (χ1) is 10.5. The van der Waals surface area contributed by atoms with Crippen LogP contribution in [0, 0.1) is 0 Å². The standard InChI is InChI=1S/C14H23N3O3S2/c1-22(18,19)14-15-9-12(10-16-4-7-21-8-5-16)17(14)11-13-3-2-6-20-13/h9,13H,2-8,10-11H2,1H3/t13-/m1/s1. The van der Waals surface area contributed by atoms with Crippen molar-refractivity contribution >= 4 is 21.6 Å². The molecule has 0 unspecified atom stereocenters. The van der Waals surface area contributed by atoms with E-state index in [2.05, 4.69) is 9.88 Å². The summed E-state index contributed by atoms with van der Waals surface area (Å²) in [5.74, 6) is 2.28. The van der Waals surface area contributed by atoms with E-state index < -0.39 is 9.84 Å². The van der Waals surface area contributed by atoms with Crippen molar-refractivity contribution in [1.82, 2.24) is 14.5 Å². The summed E-state index contributed by atoms with van der Waals surface area (Å²) in [6, 6.07) is 0. The molecule has 0 aliphatic carbocycles. The molecule has 3 heterocycles. The van der Waals surface area contributed by atoms with Crippen LogP contribution in [0.5, 0.6) is 0 Å². The summed E-state index contributed by atoms with van der Waals surface area (Å²) in [5.41, 5.74) is 0.975. The average Bonchev–Trinajstić information content (AvgIpc) is 3.11. The van der Waals surface area contributed by atoms with Gasteiger partial charge < -0.3 is 9.30 Å². The van der Waals surface area contributed by atoms with Gasteiger partial charge in [0, 0.05) is 44.0 Å². The third-order valence-corrected chi connectivity index (χ3v) is 6.06. The lowest BCUT2D eigenvalue weighted by Crippen LogP contribution is -2.33. The highest BCUT2D eigenvalue weighted by Crippen LogP contribution is 2.20. The minimum absolute atomic E-state index is 0.102. The summed E-state index contributed by atoms with van der Waals surface area (Å²) in [5, 5.41) is 0.171. The van der Waals surface area contributed by atoms with Gasteiger partial charge in [-0.25, -0.2) is 13.4 Å². The second kappa shape index (κ2) is 6.90. The highest BCUT2D eigenvalue weighted by atomic mass is 32.2. The van der Waals surface area contributed by atoms with E-state index in [0.29, 0.717) is 6.54 Å². The summed E-state index contributed by atoms with van der Waals surface area (Å²) in [7, 11) is -3.32. The van der Waals surface area contributed by atoms with E-state index in [0.717, 1.165) is 56.3 Å². The summed E-state index contributed by atoms with van der Waals surface area (Å²) < 4.78 is 31.5. The van der Waals surface area contributed by atoms with E-state index in [1.54, 1.807) is 6.20 Å². The Labute approximate surface area is 136 Å². The van der Waals surface area contributed by atoms with Crippen molar-refractivity contribution in [3.63, 3.8) is 0 Å². The molecule has 0 N–H and O–H groups in total. The van der Waals surface area contributed by atoms with Gasteiger partial charge in [0.2, 0.25) is 15.0 Å². The van der Waals surface area contributed by atoms with Crippen LogP contribution in [0.25, 0.3) is 0 Å². The van der Waals surface area contributed by atoms with Crippen LogP contribution in [0.1, 0.15) is 18.5 Å². The normalized spacial score (nSPS) is 24.0. The number of hydrogen-bond donors (Lipinski definition) is 0. The van der Waals surface area contributed by atoms with Gasteiger partial charge >= 0.3 is 0 Å². The van der Waals surface area contributed by atoms with Crippen LogP contribution in [0.2, 0.25) is 0 Å². The van der Waals surface area contributed by atoms with Crippen molar-refractivity contribution in [2.24, 2.45) is 0 Å². The molecule has 2 aliphatic heterocycles. The van der Waals surface area contributed by atoms with Crippen molar-refractivity contribution < 1.29 is 13.2 Å². The quantitative estimate of drug-likeness (QED) is 0.794. The Morgan fingerprint density at radius 2 is 2.18 bits per heavy atom. The maximum Gasteiger partial charge on any atom is 0.227 e. The minimum Gasteiger partial charge on any atom is -0.376 e. The second-order valence-corrected chi connectivity index (χ2v) is 9.07. The minimum atomic E-state index is -3.32. The molecule has 2 aliphatic rings. The molecule has 22 heavy (non-hydrogen) atoms. The lowest BCUT2D eigenvalue weighted by molar-refractivity contribution is 0.0933. The Kier molecular flexibility index (Phi) is 5.11. The zero-order valence-corrected chi connectivity index (χ0v) is 14.5. The molecule has 2 fully saturated rings. The number of rotatable bonds is 5.